The Bertz CT molecular complexity index is 1140. The van der Waals surface area contributed by atoms with Gasteiger partial charge in [-0.1, -0.05) is 18.2 Å². The van der Waals surface area contributed by atoms with Crippen molar-refractivity contribution in [2.45, 2.75) is 11.1 Å². The van der Waals surface area contributed by atoms with E-state index in [1.807, 2.05) is 0 Å². The van der Waals surface area contributed by atoms with E-state index in [1.54, 1.807) is 35.1 Å². The fraction of sp³-hybridized carbons (Fsp3) is 0.118. The molecular formula is C17H13F3N4O4S. The Morgan fingerprint density at radius 2 is 1.86 bits per heavy atom. The van der Waals surface area contributed by atoms with E-state index < -0.39 is 32.7 Å². The average molecular weight is 426 g/mol. The molecule has 0 unspecified atom stereocenters. The fourth-order valence-corrected chi connectivity index (χ4v) is 3.49. The largest absolute Gasteiger partial charge is 0.439 e. The van der Waals surface area contributed by atoms with Gasteiger partial charge in [0.25, 0.3) is 15.9 Å². The molecule has 0 saturated heterocycles. The summed E-state index contributed by atoms with van der Waals surface area (Å²) in [5.41, 5.74) is -1.80. The maximum atomic E-state index is 13.0. The van der Waals surface area contributed by atoms with Crippen molar-refractivity contribution in [1.82, 2.24) is 19.5 Å². The number of carbonyl (C=O) groups is 1. The number of halogens is 3. The molecule has 0 atom stereocenters. The van der Waals surface area contributed by atoms with Gasteiger partial charge in [-0.05, 0) is 18.2 Å². The maximum absolute atomic E-state index is 13.0. The van der Waals surface area contributed by atoms with Crippen LogP contribution in [0.15, 0.2) is 59.8 Å². The van der Waals surface area contributed by atoms with Gasteiger partial charge in [0.15, 0.2) is 5.69 Å². The fourth-order valence-electron chi connectivity index (χ4n) is 2.31. The molecule has 0 spiro atoms. The first-order chi connectivity index (χ1) is 13.6. The quantitative estimate of drug-likeness (QED) is 0.673. The molecule has 2 heterocycles. The third-order valence-electron chi connectivity index (χ3n) is 3.54. The van der Waals surface area contributed by atoms with Gasteiger partial charge in [-0.25, -0.2) is 18.1 Å². The summed E-state index contributed by atoms with van der Waals surface area (Å²) in [6.45, 7) is 0. The number of hydrogen-bond acceptors (Lipinski definition) is 6. The van der Waals surface area contributed by atoms with Gasteiger partial charge in [0, 0.05) is 31.1 Å². The topological polar surface area (TPSA) is 103 Å². The van der Waals surface area contributed by atoms with Crippen molar-refractivity contribution in [3.8, 4) is 11.6 Å². The Balaban J connectivity index is 1.84. The van der Waals surface area contributed by atoms with Crippen LogP contribution in [0.1, 0.15) is 16.1 Å². The van der Waals surface area contributed by atoms with E-state index in [0.29, 0.717) is 16.6 Å². The van der Waals surface area contributed by atoms with Gasteiger partial charge in [-0.2, -0.15) is 18.3 Å². The standard InChI is InChI=1S/C17H13F3N4O4S/c1-24-10-13(15(22-24)17(18,19)20)29(26,27)23-16(25)11-7-8-21-14(9-11)28-12-5-3-2-4-6-12/h2-10H,1H3,(H,23,25). The summed E-state index contributed by atoms with van der Waals surface area (Å²) in [6.07, 6.45) is -3.15. The van der Waals surface area contributed by atoms with Crippen LogP contribution in [0.5, 0.6) is 11.6 Å². The summed E-state index contributed by atoms with van der Waals surface area (Å²) in [5, 5.41) is 3.12. The monoisotopic (exact) mass is 426 g/mol. The summed E-state index contributed by atoms with van der Waals surface area (Å²) in [7, 11) is -3.71. The van der Waals surface area contributed by atoms with Crippen molar-refractivity contribution in [2.24, 2.45) is 7.05 Å². The van der Waals surface area contributed by atoms with E-state index >= 15 is 0 Å². The number of sulfonamides is 1. The zero-order chi connectivity index (χ0) is 21.2. The van der Waals surface area contributed by atoms with Gasteiger partial charge in [-0.15, -0.1) is 0 Å². The van der Waals surface area contributed by atoms with Crippen molar-refractivity contribution in [2.75, 3.05) is 0 Å². The van der Waals surface area contributed by atoms with Gasteiger partial charge in [0.2, 0.25) is 5.88 Å². The van der Waals surface area contributed by atoms with Crippen LogP contribution < -0.4 is 9.46 Å². The second-order valence-corrected chi connectivity index (χ2v) is 7.40. The molecule has 12 heteroatoms. The first-order valence-electron chi connectivity index (χ1n) is 7.93. The normalized spacial score (nSPS) is 11.9. The molecule has 3 rings (SSSR count). The number of benzene rings is 1. The molecule has 0 aliphatic rings. The molecule has 2 aromatic heterocycles. The maximum Gasteiger partial charge on any atom is 0.436 e. The third-order valence-corrected chi connectivity index (χ3v) is 4.87. The van der Waals surface area contributed by atoms with Crippen LogP contribution in [0.4, 0.5) is 13.2 Å². The molecule has 0 bridgehead atoms. The van der Waals surface area contributed by atoms with Crippen LogP contribution in [0.25, 0.3) is 0 Å². The Morgan fingerprint density at radius 1 is 1.17 bits per heavy atom. The molecule has 0 radical (unpaired) electrons. The van der Waals surface area contributed by atoms with Gasteiger partial charge in [0.1, 0.15) is 10.6 Å². The number of aromatic nitrogens is 3. The van der Waals surface area contributed by atoms with Crippen LogP contribution in [0.2, 0.25) is 0 Å². The molecule has 1 amide bonds. The molecule has 1 aromatic carbocycles. The number of nitrogens with one attached hydrogen (secondary N) is 1. The Morgan fingerprint density at radius 3 is 2.52 bits per heavy atom. The Labute approximate surface area is 163 Å². The van der Waals surface area contributed by atoms with Crippen molar-refractivity contribution in [1.29, 1.82) is 0 Å². The number of nitrogens with zero attached hydrogens (tertiary/aromatic N) is 3. The molecule has 0 saturated carbocycles. The molecule has 0 aliphatic carbocycles. The average Bonchev–Trinajstić information content (AvgIpc) is 3.06. The highest BCUT2D eigenvalue weighted by molar-refractivity contribution is 7.90. The highest BCUT2D eigenvalue weighted by Crippen LogP contribution is 2.32. The number of alkyl halides is 3. The van der Waals surface area contributed by atoms with Gasteiger partial charge < -0.3 is 4.74 Å². The van der Waals surface area contributed by atoms with E-state index in [1.165, 1.54) is 12.3 Å². The van der Waals surface area contributed by atoms with Crippen LogP contribution >= 0.6 is 0 Å². The van der Waals surface area contributed by atoms with E-state index in [0.717, 1.165) is 13.1 Å². The second kappa shape index (κ2) is 7.54. The number of para-hydroxylation sites is 1. The first-order valence-corrected chi connectivity index (χ1v) is 9.41. The van der Waals surface area contributed by atoms with Gasteiger partial charge >= 0.3 is 6.18 Å². The van der Waals surface area contributed by atoms with E-state index in [-0.39, 0.29) is 11.4 Å². The van der Waals surface area contributed by atoms with Crippen LogP contribution in [0, 0.1) is 0 Å². The number of aryl methyl sites for hydroxylation is 1. The Kier molecular flexibility index (Phi) is 5.29. The summed E-state index contributed by atoms with van der Waals surface area (Å²) in [6, 6.07) is 10.8. The van der Waals surface area contributed by atoms with Gasteiger partial charge in [-0.3, -0.25) is 9.48 Å². The number of ether oxygens (including phenoxy) is 1. The zero-order valence-electron chi connectivity index (χ0n) is 14.7. The molecule has 1 N–H and O–H groups in total. The molecule has 3 aromatic rings. The summed E-state index contributed by atoms with van der Waals surface area (Å²) < 4.78 is 71.5. The van der Waals surface area contributed by atoms with E-state index in [9.17, 15) is 26.4 Å². The third kappa shape index (κ3) is 4.71. The SMILES string of the molecule is Cn1cc(S(=O)(=O)NC(=O)c2ccnc(Oc3ccccc3)c2)c(C(F)(F)F)n1. The summed E-state index contributed by atoms with van der Waals surface area (Å²) >= 11 is 0. The van der Waals surface area contributed by atoms with Crippen molar-refractivity contribution < 1.29 is 31.1 Å². The lowest BCUT2D eigenvalue weighted by Crippen LogP contribution is -2.31. The molecule has 29 heavy (non-hydrogen) atoms. The number of amides is 1. The summed E-state index contributed by atoms with van der Waals surface area (Å²) in [4.78, 5) is 15.1. The molecule has 0 fully saturated rings. The van der Waals surface area contributed by atoms with Crippen molar-refractivity contribution in [3.63, 3.8) is 0 Å². The highest BCUT2D eigenvalue weighted by Gasteiger charge is 2.41. The lowest BCUT2D eigenvalue weighted by Gasteiger charge is -2.09. The lowest BCUT2D eigenvalue weighted by molar-refractivity contribution is -0.143. The smallest absolute Gasteiger partial charge is 0.436 e. The summed E-state index contributed by atoms with van der Waals surface area (Å²) in [5.74, 6) is -0.726. The van der Waals surface area contributed by atoms with E-state index in [4.69, 9.17) is 4.74 Å². The first kappa shape index (κ1) is 20.3. The van der Waals surface area contributed by atoms with Crippen LogP contribution in [0.3, 0.4) is 0 Å². The highest BCUT2D eigenvalue weighted by atomic mass is 32.2. The number of hydrogen-bond donors (Lipinski definition) is 1. The number of pyridine rings is 1. The zero-order valence-corrected chi connectivity index (χ0v) is 15.5. The van der Waals surface area contributed by atoms with Gasteiger partial charge in [0.05, 0.1) is 0 Å². The molecule has 152 valence electrons. The molecular weight excluding hydrogens is 413 g/mol. The number of carbonyl (C=O) groups excluding carboxylic acids is 1. The Hall–Kier alpha value is -3.41. The molecule has 8 nitrogen and oxygen atoms in total. The van der Waals surface area contributed by atoms with Crippen molar-refractivity contribution >= 4 is 15.9 Å². The lowest BCUT2D eigenvalue weighted by atomic mass is 10.2. The predicted molar refractivity (Wildman–Crippen MR) is 93.6 cm³/mol. The number of rotatable bonds is 5. The van der Waals surface area contributed by atoms with Crippen molar-refractivity contribution in [3.05, 3.63) is 66.1 Å². The van der Waals surface area contributed by atoms with Crippen LogP contribution in [-0.4, -0.2) is 29.1 Å². The minimum absolute atomic E-state index is 0.00129. The molecule has 0 aliphatic heterocycles. The second-order valence-electron chi connectivity index (χ2n) is 5.75. The minimum Gasteiger partial charge on any atom is -0.439 e. The van der Waals surface area contributed by atoms with E-state index in [2.05, 4.69) is 10.1 Å². The van der Waals surface area contributed by atoms with Crippen LogP contribution in [-0.2, 0) is 23.2 Å². The predicted octanol–water partition coefficient (Wildman–Crippen LogP) is 2.74. The minimum atomic E-state index is -5.01.